The molecule has 0 aliphatic rings. The smallest absolute Gasteiger partial charge is 0.147 e. The van der Waals surface area contributed by atoms with Crippen LogP contribution in [0, 0.1) is 0 Å². The summed E-state index contributed by atoms with van der Waals surface area (Å²) in [5.41, 5.74) is 1.73. The molecule has 0 aliphatic heterocycles. The zero-order valence-corrected chi connectivity index (χ0v) is 12.5. The van der Waals surface area contributed by atoms with Gasteiger partial charge in [-0.25, -0.2) is 0 Å². The molecule has 2 rings (SSSR count). The van der Waals surface area contributed by atoms with Gasteiger partial charge >= 0.3 is 0 Å². The second-order valence-corrected chi connectivity index (χ2v) is 5.28. The maximum Gasteiger partial charge on any atom is 0.147 e. The largest absolute Gasteiger partial charge is 0.298 e. The fourth-order valence-corrected chi connectivity index (χ4v) is 2.89. The lowest BCUT2D eigenvalue weighted by Gasteiger charge is -2.30. The van der Waals surface area contributed by atoms with Crippen molar-refractivity contribution in [1.29, 1.82) is 0 Å². The Kier molecular flexibility index (Phi) is 4.38. The highest BCUT2D eigenvalue weighted by Crippen LogP contribution is 2.33. The monoisotopic (exact) mass is 270 g/mol. The average molecular weight is 270 g/mol. The zero-order chi connectivity index (χ0) is 14.6. The summed E-state index contributed by atoms with van der Waals surface area (Å²) in [6.07, 6.45) is 5.79. The number of hydrogen-bond donors (Lipinski definition) is 0. The summed E-state index contributed by atoms with van der Waals surface area (Å²) >= 11 is 0. The van der Waals surface area contributed by atoms with Crippen molar-refractivity contribution in [3.8, 4) is 0 Å². The predicted molar refractivity (Wildman–Crippen MR) is 80.6 cm³/mol. The number of hydrogen-bond acceptors (Lipinski definition) is 2. The van der Waals surface area contributed by atoms with Crippen LogP contribution in [0.5, 0.6) is 0 Å². The second kappa shape index (κ2) is 6.04. The maximum atomic E-state index is 12.9. The molecule has 106 valence electrons. The molecule has 0 N–H and O–H groups in total. The van der Waals surface area contributed by atoms with Crippen molar-refractivity contribution in [2.75, 3.05) is 0 Å². The standard InChI is InChI=1S/C17H22N2O/c1-4-17(5-2,15-9-7-6-8-10-15)16(20)11-14-12-18-19(3)13-14/h6-10,12-13H,4-5,11H2,1-3H3. The van der Waals surface area contributed by atoms with E-state index in [0.29, 0.717) is 6.42 Å². The van der Waals surface area contributed by atoms with Gasteiger partial charge < -0.3 is 0 Å². The SMILES string of the molecule is CCC(CC)(C(=O)Cc1cnn(C)c1)c1ccccc1. The molecule has 0 fully saturated rings. The van der Waals surface area contributed by atoms with Gasteiger partial charge in [0, 0.05) is 19.7 Å². The van der Waals surface area contributed by atoms with Crippen molar-refractivity contribution < 1.29 is 4.79 Å². The van der Waals surface area contributed by atoms with Crippen LogP contribution >= 0.6 is 0 Å². The number of carbonyl (C=O) groups is 1. The Morgan fingerprint density at radius 3 is 2.35 bits per heavy atom. The highest BCUT2D eigenvalue weighted by Gasteiger charge is 2.36. The molecule has 0 bridgehead atoms. The summed E-state index contributed by atoms with van der Waals surface area (Å²) in [7, 11) is 1.87. The fourth-order valence-electron chi connectivity index (χ4n) is 2.89. The quantitative estimate of drug-likeness (QED) is 0.807. The highest BCUT2D eigenvalue weighted by molar-refractivity contribution is 5.91. The Labute approximate surface area is 120 Å². The van der Waals surface area contributed by atoms with Crippen LogP contribution in [0.15, 0.2) is 42.7 Å². The van der Waals surface area contributed by atoms with Crippen molar-refractivity contribution >= 4 is 5.78 Å². The van der Waals surface area contributed by atoms with Gasteiger partial charge in [0.1, 0.15) is 5.78 Å². The molecule has 3 nitrogen and oxygen atoms in total. The first-order valence-electron chi connectivity index (χ1n) is 7.18. The van der Waals surface area contributed by atoms with Crippen molar-refractivity contribution in [3.05, 3.63) is 53.9 Å². The van der Waals surface area contributed by atoms with E-state index in [-0.39, 0.29) is 11.2 Å². The minimum absolute atomic E-state index is 0.279. The molecule has 1 aromatic heterocycles. The van der Waals surface area contributed by atoms with Crippen molar-refractivity contribution in [2.45, 2.75) is 38.5 Å². The molecular formula is C17H22N2O. The lowest BCUT2D eigenvalue weighted by molar-refractivity contribution is -0.124. The molecule has 0 saturated heterocycles. The van der Waals surface area contributed by atoms with Crippen LogP contribution in [0.2, 0.25) is 0 Å². The average Bonchev–Trinajstić information content (AvgIpc) is 2.87. The molecule has 3 heteroatoms. The van der Waals surface area contributed by atoms with E-state index >= 15 is 0 Å². The van der Waals surface area contributed by atoms with Crippen LogP contribution in [0.4, 0.5) is 0 Å². The molecule has 0 radical (unpaired) electrons. The third-order valence-electron chi connectivity index (χ3n) is 4.19. The third kappa shape index (κ3) is 2.67. The van der Waals surface area contributed by atoms with E-state index in [1.807, 2.05) is 31.4 Å². The number of Topliss-reactive ketones (excluding diaryl/α,β-unsaturated/α-hetero) is 1. The first-order chi connectivity index (χ1) is 9.62. The Morgan fingerprint density at radius 2 is 1.85 bits per heavy atom. The Morgan fingerprint density at radius 1 is 1.20 bits per heavy atom. The van der Waals surface area contributed by atoms with Gasteiger partial charge in [0.05, 0.1) is 11.6 Å². The molecule has 0 atom stereocenters. The van der Waals surface area contributed by atoms with Crippen molar-refractivity contribution in [1.82, 2.24) is 9.78 Å². The van der Waals surface area contributed by atoms with Gasteiger partial charge in [0.25, 0.3) is 0 Å². The molecule has 0 amide bonds. The predicted octanol–water partition coefficient (Wildman–Crippen LogP) is 3.29. The van der Waals surface area contributed by atoms with Crippen LogP contribution < -0.4 is 0 Å². The van der Waals surface area contributed by atoms with E-state index in [9.17, 15) is 4.79 Å². The van der Waals surface area contributed by atoms with Gasteiger partial charge in [-0.1, -0.05) is 44.2 Å². The number of aromatic nitrogens is 2. The summed E-state index contributed by atoms with van der Waals surface area (Å²) in [6, 6.07) is 10.1. The molecule has 1 aromatic carbocycles. The third-order valence-corrected chi connectivity index (χ3v) is 4.19. The summed E-state index contributed by atoms with van der Waals surface area (Å²) < 4.78 is 1.74. The number of ketones is 1. The van der Waals surface area contributed by atoms with Gasteiger partial charge in [-0.2, -0.15) is 5.10 Å². The van der Waals surface area contributed by atoms with E-state index in [1.54, 1.807) is 10.9 Å². The molecule has 0 aliphatic carbocycles. The lowest BCUT2D eigenvalue weighted by Crippen LogP contribution is -2.36. The summed E-state index contributed by atoms with van der Waals surface area (Å²) in [6.45, 7) is 4.19. The van der Waals surface area contributed by atoms with Crippen LogP contribution in [0.25, 0.3) is 0 Å². The molecule has 0 spiro atoms. The normalized spacial score (nSPS) is 11.6. The van der Waals surface area contributed by atoms with E-state index in [1.165, 1.54) is 0 Å². The molecule has 2 aromatic rings. The zero-order valence-electron chi connectivity index (χ0n) is 12.5. The summed E-state index contributed by atoms with van der Waals surface area (Å²) in [5.74, 6) is 0.279. The van der Waals surface area contributed by atoms with Crippen LogP contribution in [0.3, 0.4) is 0 Å². The molecule has 20 heavy (non-hydrogen) atoms. The number of carbonyl (C=O) groups excluding carboxylic acids is 1. The van der Waals surface area contributed by atoms with E-state index < -0.39 is 0 Å². The summed E-state index contributed by atoms with van der Waals surface area (Å²) in [5, 5.41) is 4.14. The Hall–Kier alpha value is -1.90. The minimum atomic E-state index is -0.378. The van der Waals surface area contributed by atoms with Gasteiger partial charge in [0.2, 0.25) is 0 Å². The van der Waals surface area contributed by atoms with Gasteiger partial charge in [-0.15, -0.1) is 0 Å². The van der Waals surface area contributed by atoms with Crippen molar-refractivity contribution in [2.24, 2.45) is 7.05 Å². The van der Waals surface area contributed by atoms with Crippen LogP contribution in [-0.4, -0.2) is 15.6 Å². The second-order valence-electron chi connectivity index (χ2n) is 5.28. The van der Waals surface area contributed by atoms with E-state index in [2.05, 4.69) is 31.1 Å². The Bertz CT molecular complexity index is 568. The number of benzene rings is 1. The lowest BCUT2D eigenvalue weighted by atomic mass is 9.71. The molecular weight excluding hydrogens is 248 g/mol. The van der Waals surface area contributed by atoms with Gasteiger partial charge in [-0.05, 0) is 24.0 Å². The van der Waals surface area contributed by atoms with Crippen LogP contribution in [0.1, 0.15) is 37.8 Å². The molecule has 1 heterocycles. The maximum absolute atomic E-state index is 12.9. The van der Waals surface area contributed by atoms with Gasteiger partial charge in [0.15, 0.2) is 0 Å². The van der Waals surface area contributed by atoms with Gasteiger partial charge in [-0.3, -0.25) is 9.48 Å². The fraction of sp³-hybridized carbons (Fsp3) is 0.412. The molecule has 0 saturated carbocycles. The first-order valence-corrected chi connectivity index (χ1v) is 7.18. The van der Waals surface area contributed by atoms with E-state index in [0.717, 1.165) is 24.0 Å². The first kappa shape index (κ1) is 14.5. The summed E-state index contributed by atoms with van der Waals surface area (Å²) in [4.78, 5) is 12.9. The van der Waals surface area contributed by atoms with Crippen LogP contribution in [-0.2, 0) is 23.7 Å². The molecule has 0 unspecified atom stereocenters. The van der Waals surface area contributed by atoms with E-state index in [4.69, 9.17) is 0 Å². The van der Waals surface area contributed by atoms with Crippen molar-refractivity contribution in [3.63, 3.8) is 0 Å². The highest BCUT2D eigenvalue weighted by atomic mass is 16.1. The Balaban J connectivity index is 2.30. The number of rotatable bonds is 6. The number of nitrogens with zero attached hydrogens (tertiary/aromatic N) is 2. The minimum Gasteiger partial charge on any atom is -0.298 e. The number of aryl methyl sites for hydroxylation is 1. The topological polar surface area (TPSA) is 34.9 Å².